The highest BCUT2D eigenvalue weighted by Gasteiger charge is 2.25. The van der Waals surface area contributed by atoms with Crippen molar-refractivity contribution in [1.82, 2.24) is 10.0 Å². The second-order valence-electron chi connectivity index (χ2n) is 7.31. The van der Waals surface area contributed by atoms with Crippen molar-refractivity contribution in [2.45, 2.75) is 23.8 Å². The lowest BCUT2D eigenvalue weighted by atomic mass is 10.1. The fourth-order valence-corrected chi connectivity index (χ4v) is 4.51. The van der Waals surface area contributed by atoms with E-state index in [0.717, 1.165) is 11.1 Å². The van der Waals surface area contributed by atoms with Crippen LogP contribution in [0.3, 0.4) is 0 Å². The van der Waals surface area contributed by atoms with Crippen LogP contribution in [0.25, 0.3) is 11.1 Å². The summed E-state index contributed by atoms with van der Waals surface area (Å²) in [5, 5.41) is 12.8. The molecule has 3 aromatic rings. The van der Waals surface area contributed by atoms with Crippen molar-refractivity contribution in [2.75, 3.05) is 6.54 Å². The molecule has 0 radical (unpaired) electrons. The Labute approximate surface area is 197 Å². The molecule has 33 heavy (non-hydrogen) atoms. The van der Waals surface area contributed by atoms with E-state index in [4.69, 9.17) is 11.6 Å². The minimum Gasteiger partial charge on any atom is -0.480 e. The Morgan fingerprint density at radius 2 is 1.45 bits per heavy atom. The molecule has 7 nitrogen and oxygen atoms in total. The molecule has 9 heteroatoms. The van der Waals surface area contributed by atoms with Crippen LogP contribution in [0.2, 0.25) is 5.02 Å². The minimum absolute atomic E-state index is 0.0203. The third-order valence-electron chi connectivity index (χ3n) is 4.93. The Balaban J connectivity index is 1.58. The zero-order valence-electron chi connectivity index (χ0n) is 17.6. The number of halogens is 1. The Morgan fingerprint density at radius 1 is 0.879 bits per heavy atom. The van der Waals surface area contributed by atoms with Gasteiger partial charge in [-0.05, 0) is 60.4 Å². The van der Waals surface area contributed by atoms with Crippen LogP contribution in [0, 0.1) is 0 Å². The van der Waals surface area contributed by atoms with E-state index in [9.17, 15) is 23.1 Å². The van der Waals surface area contributed by atoms with Crippen LogP contribution in [0.15, 0.2) is 83.8 Å². The zero-order valence-corrected chi connectivity index (χ0v) is 19.1. The normalized spacial score (nSPS) is 12.2. The van der Waals surface area contributed by atoms with Gasteiger partial charge in [0.1, 0.15) is 6.04 Å². The summed E-state index contributed by atoms with van der Waals surface area (Å²) in [5.74, 6) is -1.56. The van der Waals surface area contributed by atoms with Gasteiger partial charge in [0.25, 0.3) is 5.91 Å². The molecular weight excluding hydrogens is 464 g/mol. The van der Waals surface area contributed by atoms with Crippen molar-refractivity contribution in [3.8, 4) is 11.1 Å². The number of carboxylic acids is 1. The monoisotopic (exact) mass is 486 g/mol. The van der Waals surface area contributed by atoms with Gasteiger partial charge in [-0.3, -0.25) is 9.59 Å². The quantitative estimate of drug-likeness (QED) is 0.375. The van der Waals surface area contributed by atoms with E-state index in [1.165, 1.54) is 12.1 Å². The molecule has 0 aliphatic heterocycles. The van der Waals surface area contributed by atoms with E-state index in [-0.39, 0.29) is 30.2 Å². The minimum atomic E-state index is -4.05. The van der Waals surface area contributed by atoms with Crippen LogP contribution in [-0.2, 0) is 14.8 Å². The zero-order chi connectivity index (χ0) is 23.8. The highest BCUT2D eigenvalue weighted by molar-refractivity contribution is 7.89. The first-order chi connectivity index (χ1) is 15.8. The van der Waals surface area contributed by atoms with E-state index in [1.807, 2.05) is 12.1 Å². The van der Waals surface area contributed by atoms with E-state index >= 15 is 0 Å². The number of carboxylic acid groups (broad SMARTS) is 1. The lowest BCUT2D eigenvalue weighted by Crippen LogP contribution is -2.41. The van der Waals surface area contributed by atoms with Crippen LogP contribution < -0.4 is 10.0 Å². The number of aliphatic carboxylic acids is 1. The number of amides is 1. The average Bonchev–Trinajstić information content (AvgIpc) is 2.82. The van der Waals surface area contributed by atoms with Gasteiger partial charge in [-0.25, -0.2) is 8.42 Å². The first kappa shape index (κ1) is 24.4. The average molecular weight is 487 g/mol. The number of hydrogen-bond donors (Lipinski definition) is 3. The van der Waals surface area contributed by atoms with Gasteiger partial charge in [0.15, 0.2) is 0 Å². The van der Waals surface area contributed by atoms with Crippen LogP contribution in [-0.4, -0.2) is 38.0 Å². The van der Waals surface area contributed by atoms with Gasteiger partial charge < -0.3 is 10.4 Å². The van der Waals surface area contributed by atoms with Crippen molar-refractivity contribution in [3.63, 3.8) is 0 Å². The van der Waals surface area contributed by atoms with Crippen molar-refractivity contribution < 1.29 is 23.1 Å². The molecule has 0 aromatic heterocycles. The summed E-state index contributed by atoms with van der Waals surface area (Å²) in [4.78, 5) is 23.6. The predicted molar refractivity (Wildman–Crippen MR) is 127 cm³/mol. The molecule has 0 fully saturated rings. The second-order valence-corrected chi connectivity index (χ2v) is 9.46. The van der Waals surface area contributed by atoms with Gasteiger partial charge in [0, 0.05) is 17.1 Å². The number of rotatable bonds is 10. The molecule has 172 valence electrons. The predicted octanol–water partition coefficient (Wildman–Crippen LogP) is 3.95. The molecule has 1 amide bonds. The molecule has 0 unspecified atom stereocenters. The third-order valence-corrected chi connectivity index (χ3v) is 6.67. The standard InChI is InChI=1S/C24H23ClN2O5S/c25-20-12-8-17(9-13-20)18-10-14-21(15-11-18)33(31,32)27-22(24(29)30)7-4-16-26-23(28)19-5-2-1-3-6-19/h1-3,5-6,8-15,22,27H,4,7,16H2,(H,26,28)(H,29,30)/t22-/m0/s1. The van der Waals surface area contributed by atoms with Crippen molar-refractivity contribution in [3.05, 3.63) is 89.4 Å². The summed E-state index contributed by atoms with van der Waals surface area (Å²) < 4.78 is 27.6. The van der Waals surface area contributed by atoms with Gasteiger partial charge in [0.05, 0.1) is 4.90 Å². The summed E-state index contributed by atoms with van der Waals surface area (Å²) in [6, 6.07) is 20.6. The number of carbonyl (C=O) groups is 2. The van der Waals surface area contributed by atoms with E-state index < -0.39 is 22.0 Å². The number of carbonyl (C=O) groups excluding carboxylic acids is 1. The van der Waals surface area contributed by atoms with Crippen molar-refractivity contribution in [1.29, 1.82) is 0 Å². The summed E-state index contributed by atoms with van der Waals surface area (Å²) in [6.07, 6.45) is 0.306. The molecule has 0 aliphatic rings. The van der Waals surface area contributed by atoms with Crippen molar-refractivity contribution >= 4 is 33.5 Å². The van der Waals surface area contributed by atoms with Crippen LogP contribution in [0.5, 0.6) is 0 Å². The molecule has 0 aliphatic carbocycles. The number of nitrogens with one attached hydrogen (secondary N) is 2. The smallest absolute Gasteiger partial charge is 0.321 e. The summed E-state index contributed by atoms with van der Waals surface area (Å²) in [6.45, 7) is 0.217. The molecule has 0 spiro atoms. The summed E-state index contributed by atoms with van der Waals surface area (Å²) in [7, 11) is -4.05. The van der Waals surface area contributed by atoms with Crippen LogP contribution >= 0.6 is 11.6 Å². The second kappa shape index (κ2) is 11.1. The fraction of sp³-hybridized carbons (Fsp3) is 0.167. The molecular formula is C24H23ClN2O5S. The molecule has 0 heterocycles. The number of sulfonamides is 1. The van der Waals surface area contributed by atoms with E-state index in [2.05, 4.69) is 10.0 Å². The summed E-state index contributed by atoms with van der Waals surface area (Å²) >= 11 is 5.89. The lowest BCUT2D eigenvalue weighted by molar-refractivity contribution is -0.139. The van der Waals surface area contributed by atoms with Gasteiger partial charge in [0.2, 0.25) is 10.0 Å². The topological polar surface area (TPSA) is 113 Å². The van der Waals surface area contributed by atoms with Gasteiger partial charge in [-0.2, -0.15) is 4.72 Å². The van der Waals surface area contributed by atoms with Gasteiger partial charge in [-0.15, -0.1) is 0 Å². The largest absolute Gasteiger partial charge is 0.480 e. The van der Waals surface area contributed by atoms with Crippen LogP contribution in [0.1, 0.15) is 23.2 Å². The first-order valence-corrected chi connectivity index (χ1v) is 12.1. The molecule has 1 atom stereocenters. The van der Waals surface area contributed by atoms with E-state index in [0.29, 0.717) is 10.6 Å². The SMILES string of the molecule is O=C(NCCC[C@H](NS(=O)(=O)c1ccc(-c2ccc(Cl)cc2)cc1)C(=O)O)c1ccccc1. The first-order valence-electron chi connectivity index (χ1n) is 10.2. The van der Waals surface area contributed by atoms with Crippen molar-refractivity contribution in [2.24, 2.45) is 0 Å². The Bertz CT molecular complexity index is 1200. The fourth-order valence-electron chi connectivity index (χ4n) is 3.16. The number of benzene rings is 3. The van der Waals surface area contributed by atoms with Gasteiger partial charge in [-0.1, -0.05) is 54.1 Å². The Morgan fingerprint density at radius 3 is 2.03 bits per heavy atom. The Hall–Kier alpha value is -3.20. The maximum absolute atomic E-state index is 12.7. The molecule has 3 aromatic carbocycles. The summed E-state index contributed by atoms with van der Waals surface area (Å²) in [5.41, 5.74) is 2.17. The van der Waals surface area contributed by atoms with Gasteiger partial charge >= 0.3 is 5.97 Å². The Kier molecular flexibility index (Phi) is 8.21. The molecule has 3 N–H and O–H groups in total. The highest BCUT2D eigenvalue weighted by atomic mass is 35.5. The molecule has 0 saturated carbocycles. The molecule has 0 bridgehead atoms. The number of hydrogen-bond acceptors (Lipinski definition) is 4. The molecule has 0 saturated heterocycles. The maximum Gasteiger partial charge on any atom is 0.321 e. The van der Waals surface area contributed by atoms with E-state index in [1.54, 1.807) is 54.6 Å². The lowest BCUT2D eigenvalue weighted by Gasteiger charge is -2.15. The maximum atomic E-state index is 12.7. The van der Waals surface area contributed by atoms with Crippen LogP contribution in [0.4, 0.5) is 0 Å². The third kappa shape index (κ3) is 6.89. The highest BCUT2D eigenvalue weighted by Crippen LogP contribution is 2.23. The molecule has 3 rings (SSSR count).